The molecule has 0 bridgehead atoms. The predicted octanol–water partition coefficient (Wildman–Crippen LogP) is 1.43. The molecule has 1 aromatic carbocycles. The topological polar surface area (TPSA) is 77.3 Å². The van der Waals surface area contributed by atoms with Crippen LogP contribution < -0.4 is 16.4 Å². The number of hydrogen-bond donors (Lipinski definition) is 3. The number of nitrogens with zero attached hydrogens (tertiary/aromatic N) is 1. The molecule has 24 heavy (non-hydrogen) atoms. The van der Waals surface area contributed by atoms with Gasteiger partial charge in [-0.1, -0.05) is 30.3 Å². The maximum Gasteiger partial charge on any atom is 0.273 e. The van der Waals surface area contributed by atoms with Crippen LogP contribution in [0.3, 0.4) is 0 Å². The maximum absolute atomic E-state index is 12.1. The fourth-order valence-corrected chi connectivity index (χ4v) is 2.71. The Kier molecular flexibility index (Phi) is 3.59. The van der Waals surface area contributed by atoms with E-state index in [0.717, 1.165) is 23.0 Å². The number of H-pyrrole nitrogens is 3. The van der Waals surface area contributed by atoms with Gasteiger partial charge in [-0.05, 0) is 36.3 Å². The van der Waals surface area contributed by atoms with Crippen molar-refractivity contribution in [2.24, 2.45) is 0 Å². The van der Waals surface area contributed by atoms with Crippen molar-refractivity contribution in [3.8, 4) is 0 Å². The molecule has 0 atom stereocenters. The second kappa shape index (κ2) is 6.04. The Morgan fingerprint density at radius 1 is 1.04 bits per heavy atom. The smallest absolute Gasteiger partial charge is 0.273 e. The molecule has 0 amide bonds. The number of fused-ring (bicyclic) bond motifs is 1. The summed E-state index contributed by atoms with van der Waals surface area (Å²) in [5.41, 5.74) is 3.52. The number of nitrogens with one attached hydrogen (secondary N) is 3. The van der Waals surface area contributed by atoms with Crippen LogP contribution in [-0.4, -0.2) is 19.9 Å². The normalized spacial score (nSPS) is 13.0. The van der Waals surface area contributed by atoms with Crippen molar-refractivity contribution in [1.82, 2.24) is 19.9 Å². The number of benzene rings is 1. The highest BCUT2D eigenvalue weighted by Crippen LogP contribution is 2.15. The highest BCUT2D eigenvalue weighted by molar-refractivity contribution is 5.85. The molecule has 3 N–H and O–H groups in total. The quantitative estimate of drug-likeness (QED) is 0.535. The van der Waals surface area contributed by atoms with Gasteiger partial charge in [0.15, 0.2) is 0 Å². The Labute approximate surface area is 137 Å². The summed E-state index contributed by atoms with van der Waals surface area (Å²) >= 11 is 0. The van der Waals surface area contributed by atoms with Crippen molar-refractivity contribution in [2.75, 3.05) is 0 Å². The van der Waals surface area contributed by atoms with E-state index in [1.807, 2.05) is 48.7 Å². The van der Waals surface area contributed by atoms with Gasteiger partial charge < -0.3 is 15.0 Å². The molecule has 0 unspecified atom stereocenters. The molecular weight excluding hydrogens is 300 g/mol. The van der Waals surface area contributed by atoms with E-state index < -0.39 is 0 Å². The van der Waals surface area contributed by atoms with Crippen LogP contribution in [0.15, 0.2) is 59.7 Å². The molecule has 0 spiro atoms. The van der Waals surface area contributed by atoms with E-state index in [4.69, 9.17) is 0 Å². The Morgan fingerprint density at radius 3 is 2.79 bits per heavy atom. The van der Waals surface area contributed by atoms with Crippen LogP contribution in [0.2, 0.25) is 0 Å². The average Bonchev–Trinajstić information content (AvgIpc) is 3.18. The molecule has 0 radical (unpaired) electrons. The van der Waals surface area contributed by atoms with Crippen LogP contribution in [0.1, 0.15) is 11.1 Å². The number of aromatic nitrogens is 4. The van der Waals surface area contributed by atoms with E-state index in [2.05, 4.69) is 32.1 Å². The largest absolute Gasteiger partial charge is 0.346 e. The molecule has 5 heteroatoms. The van der Waals surface area contributed by atoms with Crippen molar-refractivity contribution in [2.45, 2.75) is 6.42 Å². The van der Waals surface area contributed by atoms with Gasteiger partial charge in [-0.25, -0.2) is 4.98 Å². The zero-order valence-corrected chi connectivity index (χ0v) is 12.9. The predicted molar refractivity (Wildman–Crippen MR) is 94.9 cm³/mol. The SMILES string of the molecule is O=c1[nH]c(=CCc2ccccc2)[nH]c1=Cc1c[nH]c2ncccc12. The Balaban J connectivity index is 1.72. The molecule has 0 aliphatic heterocycles. The summed E-state index contributed by atoms with van der Waals surface area (Å²) in [7, 11) is 0. The molecule has 0 saturated carbocycles. The monoisotopic (exact) mass is 316 g/mol. The van der Waals surface area contributed by atoms with Crippen LogP contribution in [0, 0.1) is 0 Å². The third-order valence-corrected chi connectivity index (χ3v) is 3.93. The van der Waals surface area contributed by atoms with E-state index in [1.54, 1.807) is 6.20 Å². The summed E-state index contributed by atoms with van der Waals surface area (Å²) < 4.78 is 0. The fraction of sp³-hybridized carbons (Fsp3) is 0.0526. The third kappa shape index (κ3) is 2.79. The molecule has 3 heterocycles. The summed E-state index contributed by atoms with van der Waals surface area (Å²) in [6, 6.07) is 14.0. The molecule has 0 fully saturated rings. The summed E-state index contributed by atoms with van der Waals surface area (Å²) in [6.07, 6.45) is 8.16. The lowest BCUT2D eigenvalue weighted by atomic mass is 10.1. The van der Waals surface area contributed by atoms with Gasteiger partial charge in [0, 0.05) is 23.3 Å². The molecule has 4 rings (SSSR count). The number of hydrogen-bond acceptors (Lipinski definition) is 2. The lowest BCUT2D eigenvalue weighted by Gasteiger charge is -1.92. The van der Waals surface area contributed by atoms with Crippen LogP contribution in [0.4, 0.5) is 0 Å². The van der Waals surface area contributed by atoms with Crippen LogP contribution in [0.5, 0.6) is 0 Å². The van der Waals surface area contributed by atoms with Gasteiger partial charge in [0.25, 0.3) is 5.56 Å². The van der Waals surface area contributed by atoms with E-state index in [-0.39, 0.29) is 5.56 Å². The number of rotatable bonds is 3. The van der Waals surface area contributed by atoms with Gasteiger partial charge in [-0.3, -0.25) is 4.79 Å². The molecule has 0 aliphatic carbocycles. The number of pyridine rings is 1. The van der Waals surface area contributed by atoms with Gasteiger partial charge in [-0.2, -0.15) is 0 Å². The highest BCUT2D eigenvalue weighted by Gasteiger charge is 2.02. The molecule has 0 aliphatic rings. The van der Waals surface area contributed by atoms with E-state index in [1.165, 1.54) is 5.56 Å². The molecule has 118 valence electrons. The highest BCUT2D eigenvalue weighted by atomic mass is 16.1. The van der Waals surface area contributed by atoms with Crippen molar-refractivity contribution in [3.05, 3.63) is 87.2 Å². The summed E-state index contributed by atoms with van der Waals surface area (Å²) in [4.78, 5) is 25.5. The van der Waals surface area contributed by atoms with Crippen molar-refractivity contribution >= 4 is 23.2 Å². The molecule has 3 aromatic heterocycles. The average molecular weight is 316 g/mol. The minimum atomic E-state index is -0.132. The second-order valence-electron chi connectivity index (χ2n) is 5.59. The Morgan fingerprint density at radius 2 is 1.92 bits per heavy atom. The number of imidazole rings is 1. The molecule has 5 nitrogen and oxygen atoms in total. The van der Waals surface area contributed by atoms with Gasteiger partial charge >= 0.3 is 0 Å². The maximum atomic E-state index is 12.1. The molecule has 4 aromatic rings. The van der Waals surface area contributed by atoms with E-state index >= 15 is 0 Å². The molecular formula is C19H16N4O. The second-order valence-corrected chi connectivity index (χ2v) is 5.59. The van der Waals surface area contributed by atoms with Crippen LogP contribution in [-0.2, 0) is 6.42 Å². The third-order valence-electron chi connectivity index (χ3n) is 3.93. The fourth-order valence-electron chi connectivity index (χ4n) is 2.71. The van der Waals surface area contributed by atoms with Crippen LogP contribution >= 0.6 is 0 Å². The standard InChI is InChI=1S/C19H16N4O/c24-19-16(11-14-12-21-18-15(14)7-4-10-20-18)22-17(23-19)9-8-13-5-2-1-3-6-13/h1-7,9-12,22H,8H2,(H,20,21)(H,23,24). The summed E-state index contributed by atoms with van der Waals surface area (Å²) in [5, 5.41) is 1.51. The van der Waals surface area contributed by atoms with Gasteiger partial charge in [-0.15, -0.1) is 0 Å². The zero-order chi connectivity index (χ0) is 16.4. The molecule has 0 saturated heterocycles. The summed E-state index contributed by atoms with van der Waals surface area (Å²) in [6.45, 7) is 0. The first-order valence-corrected chi connectivity index (χ1v) is 7.76. The van der Waals surface area contributed by atoms with Crippen molar-refractivity contribution in [3.63, 3.8) is 0 Å². The van der Waals surface area contributed by atoms with E-state index in [9.17, 15) is 4.79 Å². The Bertz CT molecular complexity index is 1150. The van der Waals surface area contributed by atoms with Gasteiger partial charge in [0.2, 0.25) is 0 Å². The summed E-state index contributed by atoms with van der Waals surface area (Å²) in [5.74, 6) is 0. The van der Waals surface area contributed by atoms with Gasteiger partial charge in [0.05, 0.1) is 0 Å². The van der Waals surface area contributed by atoms with Crippen LogP contribution in [0.25, 0.3) is 23.2 Å². The zero-order valence-electron chi connectivity index (χ0n) is 12.9. The van der Waals surface area contributed by atoms with E-state index in [0.29, 0.717) is 10.8 Å². The first kappa shape index (κ1) is 14.3. The minimum Gasteiger partial charge on any atom is -0.346 e. The minimum absolute atomic E-state index is 0.132. The Hall–Kier alpha value is -3.34. The lowest BCUT2D eigenvalue weighted by molar-refractivity contribution is 1.16. The lowest BCUT2D eigenvalue weighted by Crippen LogP contribution is -2.22. The van der Waals surface area contributed by atoms with Crippen molar-refractivity contribution in [1.29, 1.82) is 0 Å². The van der Waals surface area contributed by atoms with Gasteiger partial charge in [0.1, 0.15) is 16.5 Å². The van der Waals surface area contributed by atoms with Crippen molar-refractivity contribution < 1.29 is 0 Å². The number of aromatic amines is 3. The first-order chi connectivity index (χ1) is 11.8. The first-order valence-electron chi connectivity index (χ1n) is 7.76.